The van der Waals surface area contributed by atoms with Crippen LogP contribution in [0.25, 0.3) is 28.7 Å². The van der Waals surface area contributed by atoms with E-state index in [1.54, 1.807) is 18.2 Å². The van der Waals surface area contributed by atoms with Gasteiger partial charge in [0.1, 0.15) is 11.5 Å². The molecule has 3 N–H and O–H groups in total. The van der Waals surface area contributed by atoms with E-state index in [4.69, 9.17) is 16.0 Å². The maximum absolute atomic E-state index is 12.5. The number of amides is 1. The number of hydrogen-bond acceptors (Lipinski definition) is 4. The summed E-state index contributed by atoms with van der Waals surface area (Å²) in [5.41, 5.74) is 5.31. The lowest BCUT2D eigenvalue weighted by atomic mass is 10.1. The number of anilines is 1. The Hall–Kier alpha value is -3.28. The molecule has 0 bridgehead atoms. The van der Waals surface area contributed by atoms with Crippen molar-refractivity contribution >= 4 is 40.5 Å². The molecular weight excluding hydrogens is 434 g/mol. The Morgan fingerprint density at radius 2 is 2.00 bits per heavy atom. The summed E-state index contributed by atoms with van der Waals surface area (Å²) in [4.78, 5) is 12.5. The van der Waals surface area contributed by atoms with Crippen LogP contribution in [-0.2, 0) is 4.79 Å². The highest BCUT2D eigenvalue weighted by atomic mass is 35.5. The Morgan fingerprint density at radius 3 is 2.82 bits per heavy atom. The van der Waals surface area contributed by atoms with E-state index in [-0.39, 0.29) is 5.91 Å². The third-order valence-electron chi connectivity index (χ3n) is 5.46. The van der Waals surface area contributed by atoms with E-state index in [1.807, 2.05) is 37.4 Å². The molecule has 0 atom stereocenters. The van der Waals surface area contributed by atoms with Crippen molar-refractivity contribution in [3.05, 3.63) is 82.6 Å². The molecule has 1 aromatic heterocycles. The highest BCUT2D eigenvalue weighted by Gasteiger charge is 2.24. The second-order valence-corrected chi connectivity index (χ2v) is 8.33. The number of carbonyl (C=O) groups excluding carboxylic acids is 1. The van der Waals surface area contributed by atoms with Crippen molar-refractivity contribution < 1.29 is 9.21 Å². The predicted octanol–water partition coefficient (Wildman–Crippen LogP) is 6.04. The van der Waals surface area contributed by atoms with Crippen LogP contribution in [0.3, 0.4) is 0 Å². The highest BCUT2D eigenvalue weighted by molar-refractivity contribution is 6.36. The SMILES string of the molecule is CC/C=C(/NCCCNC)c1cccc(-c2ccc(/C=C3/C(=O)Nc4ccc(Cl)cc43)o2)c1. The zero-order valence-electron chi connectivity index (χ0n) is 18.9. The summed E-state index contributed by atoms with van der Waals surface area (Å²) in [6.45, 7) is 4.02. The molecule has 1 amide bonds. The third kappa shape index (κ3) is 5.38. The number of allylic oxidation sites excluding steroid dienone is 1. The Kier molecular flexibility index (Phi) is 7.33. The number of nitrogens with one attached hydrogen (secondary N) is 3. The molecule has 5 nitrogen and oxygen atoms in total. The monoisotopic (exact) mass is 461 g/mol. The number of furan rings is 1. The van der Waals surface area contributed by atoms with E-state index in [1.165, 1.54) is 0 Å². The normalized spacial score (nSPS) is 14.5. The first-order chi connectivity index (χ1) is 16.1. The van der Waals surface area contributed by atoms with Gasteiger partial charge in [-0.15, -0.1) is 0 Å². The summed E-state index contributed by atoms with van der Waals surface area (Å²) >= 11 is 6.13. The predicted molar refractivity (Wildman–Crippen MR) is 137 cm³/mol. The van der Waals surface area contributed by atoms with Crippen molar-refractivity contribution in [2.45, 2.75) is 19.8 Å². The Balaban J connectivity index is 1.57. The summed E-state index contributed by atoms with van der Waals surface area (Å²) < 4.78 is 6.10. The maximum atomic E-state index is 12.5. The first kappa shape index (κ1) is 22.9. The van der Waals surface area contributed by atoms with Crippen LogP contribution in [-0.4, -0.2) is 26.0 Å². The highest BCUT2D eigenvalue weighted by Crippen LogP contribution is 2.35. The lowest BCUT2D eigenvalue weighted by molar-refractivity contribution is -0.110. The van der Waals surface area contributed by atoms with Gasteiger partial charge in [0.05, 0.1) is 5.57 Å². The van der Waals surface area contributed by atoms with Crippen LogP contribution in [0.4, 0.5) is 5.69 Å². The molecule has 1 aliphatic rings. The van der Waals surface area contributed by atoms with Crippen LogP contribution in [0, 0.1) is 0 Å². The quantitative estimate of drug-likeness (QED) is 0.268. The van der Waals surface area contributed by atoms with E-state index >= 15 is 0 Å². The van der Waals surface area contributed by atoms with Gasteiger partial charge in [-0.25, -0.2) is 0 Å². The van der Waals surface area contributed by atoms with Gasteiger partial charge in [0.15, 0.2) is 0 Å². The summed E-state index contributed by atoms with van der Waals surface area (Å²) in [5, 5.41) is 10.2. The number of carbonyl (C=O) groups is 1. The van der Waals surface area contributed by atoms with E-state index in [0.717, 1.165) is 59.8 Å². The van der Waals surface area contributed by atoms with Crippen molar-refractivity contribution in [2.75, 3.05) is 25.5 Å². The van der Waals surface area contributed by atoms with Crippen molar-refractivity contribution in [3.63, 3.8) is 0 Å². The minimum atomic E-state index is -0.161. The number of halogens is 1. The molecule has 4 rings (SSSR count). The van der Waals surface area contributed by atoms with Gasteiger partial charge in [0.2, 0.25) is 0 Å². The van der Waals surface area contributed by atoms with Gasteiger partial charge in [-0.3, -0.25) is 4.79 Å². The Bertz CT molecular complexity index is 1210. The zero-order chi connectivity index (χ0) is 23.2. The largest absolute Gasteiger partial charge is 0.457 e. The van der Waals surface area contributed by atoms with Crippen molar-refractivity contribution in [1.82, 2.24) is 10.6 Å². The van der Waals surface area contributed by atoms with E-state index < -0.39 is 0 Å². The van der Waals surface area contributed by atoms with Crippen LogP contribution in [0.2, 0.25) is 5.02 Å². The summed E-state index contributed by atoms with van der Waals surface area (Å²) in [6.07, 6.45) is 5.97. The fourth-order valence-electron chi connectivity index (χ4n) is 3.86. The van der Waals surface area contributed by atoms with Gasteiger partial charge in [-0.2, -0.15) is 0 Å². The number of benzene rings is 2. The van der Waals surface area contributed by atoms with Crippen molar-refractivity contribution in [2.24, 2.45) is 0 Å². The Morgan fingerprint density at radius 1 is 1.12 bits per heavy atom. The van der Waals surface area contributed by atoms with Crippen molar-refractivity contribution in [3.8, 4) is 11.3 Å². The number of rotatable bonds is 9. The van der Waals surface area contributed by atoms with Gasteiger partial charge < -0.3 is 20.4 Å². The molecule has 0 fully saturated rings. The van der Waals surface area contributed by atoms with Crippen LogP contribution < -0.4 is 16.0 Å². The maximum Gasteiger partial charge on any atom is 0.256 e. The summed E-state index contributed by atoms with van der Waals surface area (Å²) in [7, 11) is 1.97. The minimum Gasteiger partial charge on any atom is -0.457 e. The molecular formula is C27H28ClN3O2. The molecule has 0 radical (unpaired) electrons. The average molecular weight is 462 g/mol. The van der Waals surface area contributed by atoms with Gasteiger partial charge >= 0.3 is 0 Å². The second kappa shape index (κ2) is 10.6. The van der Waals surface area contributed by atoms with E-state index in [9.17, 15) is 4.79 Å². The molecule has 170 valence electrons. The molecule has 2 heterocycles. The molecule has 0 saturated carbocycles. The molecule has 0 saturated heterocycles. The van der Waals surface area contributed by atoms with Crippen LogP contribution in [0.1, 0.15) is 36.7 Å². The first-order valence-corrected chi connectivity index (χ1v) is 11.6. The second-order valence-electron chi connectivity index (χ2n) is 7.89. The molecule has 3 aromatic rings. The topological polar surface area (TPSA) is 66.3 Å². The Labute approximate surface area is 199 Å². The molecule has 33 heavy (non-hydrogen) atoms. The van der Waals surface area contributed by atoms with Gasteiger partial charge in [-0.05, 0) is 74.5 Å². The van der Waals surface area contributed by atoms with E-state index in [0.29, 0.717) is 16.4 Å². The van der Waals surface area contributed by atoms with Crippen LogP contribution >= 0.6 is 11.6 Å². The number of fused-ring (bicyclic) bond motifs is 1. The summed E-state index contributed by atoms with van der Waals surface area (Å²) in [6, 6.07) is 17.5. The number of hydrogen-bond donors (Lipinski definition) is 3. The van der Waals surface area contributed by atoms with Gasteiger partial charge in [0, 0.05) is 34.1 Å². The zero-order valence-corrected chi connectivity index (χ0v) is 19.6. The van der Waals surface area contributed by atoms with Crippen LogP contribution in [0.5, 0.6) is 0 Å². The molecule has 2 aromatic carbocycles. The smallest absolute Gasteiger partial charge is 0.256 e. The first-order valence-electron chi connectivity index (χ1n) is 11.2. The van der Waals surface area contributed by atoms with Gasteiger partial charge in [0.25, 0.3) is 5.91 Å². The van der Waals surface area contributed by atoms with Crippen LogP contribution in [0.15, 0.2) is 65.1 Å². The van der Waals surface area contributed by atoms with Crippen molar-refractivity contribution in [1.29, 1.82) is 0 Å². The lowest BCUT2D eigenvalue weighted by Crippen LogP contribution is -2.18. The molecule has 1 aliphatic heterocycles. The molecule has 0 unspecified atom stereocenters. The standard InChI is InChI=1S/C27H28ClN3O2/c1-3-6-24(30-14-5-13-29-2)18-7-4-8-19(15-18)26-12-10-21(33-26)17-23-22-16-20(28)9-11-25(22)31-27(23)32/h4,6-12,15-17,29-30H,3,5,13-14H2,1-2H3,(H,31,32)/b23-17+,24-6+. The fraction of sp³-hybridized carbons (Fsp3) is 0.222. The fourth-order valence-corrected chi connectivity index (χ4v) is 4.03. The van der Waals surface area contributed by atoms with E-state index in [2.05, 4.69) is 41.1 Å². The van der Waals surface area contributed by atoms with Gasteiger partial charge in [-0.1, -0.05) is 42.8 Å². The third-order valence-corrected chi connectivity index (χ3v) is 5.70. The molecule has 0 aliphatic carbocycles. The minimum absolute atomic E-state index is 0.161. The average Bonchev–Trinajstić information content (AvgIpc) is 3.41. The molecule has 6 heteroatoms. The summed E-state index contributed by atoms with van der Waals surface area (Å²) in [5.74, 6) is 1.20. The lowest BCUT2D eigenvalue weighted by Gasteiger charge is -2.12. The molecule has 0 spiro atoms.